The van der Waals surface area contributed by atoms with Gasteiger partial charge in [-0.25, -0.2) is 0 Å². The van der Waals surface area contributed by atoms with Crippen molar-refractivity contribution in [3.63, 3.8) is 0 Å². The van der Waals surface area contributed by atoms with Gasteiger partial charge in [-0.2, -0.15) is 5.26 Å². The van der Waals surface area contributed by atoms with Gasteiger partial charge in [-0.3, -0.25) is 9.59 Å². The van der Waals surface area contributed by atoms with E-state index in [1.165, 1.54) is 0 Å². The standard InChI is InChI=1S/C20H21N3O2/c1-3-15-8-6-9-16(4-2)20(15)23-19(25)12-18(24)22-17-10-5-7-14(11-17)13-21/h5-11H,3-4,12H2,1-2H3,(H,22,24)(H,23,25). The number of amides is 2. The Labute approximate surface area is 147 Å². The molecule has 0 unspecified atom stereocenters. The highest BCUT2D eigenvalue weighted by Gasteiger charge is 2.14. The topological polar surface area (TPSA) is 82.0 Å². The number of rotatable bonds is 6. The molecule has 5 nitrogen and oxygen atoms in total. The Balaban J connectivity index is 2.03. The minimum absolute atomic E-state index is 0.280. The first-order chi connectivity index (χ1) is 12.1. The van der Waals surface area contributed by atoms with Crippen molar-refractivity contribution < 1.29 is 9.59 Å². The lowest BCUT2D eigenvalue weighted by Gasteiger charge is -2.14. The lowest BCUT2D eigenvalue weighted by Crippen LogP contribution is -2.22. The summed E-state index contributed by atoms with van der Waals surface area (Å²) in [5.74, 6) is -0.774. The molecule has 2 amide bonds. The fourth-order valence-electron chi connectivity index (χ4n) is 2.60. The third-order valence-electron chi connectivity index (χ3n) is 3.86. The Hall–Kier alpha value is -3.13. The summed E-state index contributed by atoms with van der Waals surface area (Å²) in [6.07, 6.45) is 1.32. The van der Waals surface area contributed by atoms with E-state index in [0.29, 0.717) is 11.3 Å². The Bertz CT molecular complexity index is 800. The quantitative estimate of drug-likeness (QED) is 0.791. The predicted molar refractivity (Wildman–Crippen MR) is 98.2 cm³/mol. The summed E-state index contributed by atoms with van der Waals surface area (Å²) in [7, 11) is 0. The number of hydrogen-bond donors (Lipinski definition) is 2. The monoisotopic (exact) mass is 335 g/mol. The average Bonchev–Trinajstić information content (AvgIpc) is 2.61. The molecule has 25 heavy (non-hydrogen) atoms. The molecule has 0 atom stereocenters. The minimum atomic E-state index is -0.417. The average molecular weight is 335 g/mol. The van der Waals surface area contributed by atoms with Crippen molar-refractivity contribution >= 4 is 23.2 Å². The molecule has 2 aromatic carbocycles. The number of anilines is 2. The molecular formula is C20H21N3O2. The first kappa shape index (κ1) is 18.2. The van der Waals surface area contributed by atoms with Crippen molar-refractivity contribution in [1.82, 2.24) is 0 Å². The number of nitriles is 1. The molecule has 2 rings (SSSR count). The fourth-order valence-corrected chi connectivity index (χ4v) is 2.60. The van der Waals surface area contributed by atoms with Crippen molar-refractivity contribution in [3.8, 4) is 6.07 Å². The fraction of sp³-hybridized carbons (Fsp3) is 0.250. The number of para-hydroxylation sites is 1. The molecule has 2 N–H and O–H groups in total. The third kappa shape index (κ3) is 4.92. The molecule has 0 saturated heterocycles. The Morgan fingerprint density at radius 3 is 2.16 bits per heavy atom. The largest absolute Gasteiger partial charge is 0.326 e. The Morgan fingerprint density at radius 2 is 1.56 bits per heavy atom. The van der Waals surface area contributed by atoms with Gasteiger partial charge in [-0.1, -0.05) is 38.1 Å². The van der Waals surface area contributed by atoms with Crippen LogP contribution in [0.4, 0.5) is 11.4 Å². The second kappa shape index (κ2) is 8.65. The molecule has 0 aliphatic carbocycles. The predicted octanol–water partition coefficient (Wildman–Crippen LogP) is 3.65. The van der Waals surface area contributed by atoms with Gasteiger partial charge in [0.2, 0.25) is 11.8 Å². The molecule has 0 aliphatic heterocycles. The van der Waals surface area contributed by atoms with Gasteiger partial charge < -0.3 is 10.6 Å². The highest BCUT2D eigenvalue weighted by molar-refractivity contribution is 6.08. The summed E-state index contributed by atoms with van der Waals surface area (Å²) < 4.78 is 0. The van der Waals surface area contributed by atoms with Gasteiger partial charge in [0.05, 0.1) is 11.6 Å². The Morgan fingerprint density at radius 1 is 0.960 bits per heavy atom. The highest BCUT2D eigenvalue weighted by atomic mass is 16.2. The van der Waals surface area contributed by atoms with Crippen LogP contribution >= 0.6 is 0 Å². The first-order valence-electron chi connectivity index (χ1n) is 8.28. The third-order valence-corrected chi connectivity index (χ3v) is 3.86. The van der Waals surface area contributed by atoms with E-state index < -0.39 is 5.91 Å². The number of carbonyl (C=O) groups excluding carboxylic acids is 2. The number of aryl methyl sites for hydroxylation is 2. The molecule has 0 aromatic heterocycles. The smallest absolute Gasteiger partial charge is 0.233 e. The van der Waals surface area contributed by atoms with Crippen molar-refractivity contribution in [2.75, 3.05) is 10.6 Å². The van der Waals surface area contributed by atoms with Crippen LogP contribution in [0.5, 0.6) is 0 Å². The summed E-state index contributed by atoms with van der Waals surface area (Å²) in [5.41, 5.74) is 3.85. The second-order valence-electron chi connectivity index (χ2n) is 5.62. The zero-order valence-corrected chi connectivity index (χ0v) is 14.4. The van der Waals surface area contributed by atoms with Crippen LogP contribution in [-0.2, 0) is 22.4 Å². The zero-order chi connectivity index (χ0) is 18.2. The molecule has 0 spiro atoms. The molecular weight excluding hydrogens is 314 g/mol. The summed E-state index contributed by atoms with van der Waals surface area (Å²) in [4.78, 5) is 24.3. The first-order valence-corrected chi connectivity index (χ1v) is 8.28. The van der Waals surface area contributed by atoms with Crippen LogP contribution < -0.4 is 10.6 Å². The van der Waals surface area contributed by atoms with Gasteiger partial charge in [-0.15, -0.1) is 0 Å². The van der Waals surface area contributed by atoms with Crippen LogP contribution in [0.25, 0.3) is 0 Å². The number of nitrogens with one attached hydrogen (secondary N) is 2. The Kier molecular flexibility index (Phi) is 6.30. The van der Waals surface area contributed by atoms with Crippen molar-refractivity contribution in [3.05, 3.63) is 59.2 Å². The van der Waals surface area contributed by atoms with Crippen LogP contribution in [0.15, 0.2) is 42.5 Å². The molecule has 5 heteroatoms. The van der Waals surface area contributed by atoms with Crippen molar-refractivity contribution in [2.45, 2.75) is 33.1 Å². The molecule has 0 heterocycles. The molecule has 128 valence electrons. The maximum Gasteiger partial charge on any atom is 0.233 e. The number of nitrogens with zero attached hydrogens (tertiary/aromatic N) is 1. The van der Waals surface area contributed by atoms with Crippen LogP contribution in [0.1, 0.15) is 37.0 Å². The van der Waals surface area contributed by atoms with Crippen LogP contribution in [0.2, 0.25) is 0 Å². The van der Waals surface area contributed by atoms with E-state index in [1.54, 1.807) is 24.3 Å². The van der Waals surface area contributed by atoms with E-state index in [4.69, 9.17) is 5.26 Å². The molecule has 0 radical (unpaired) electrons. The van der Waals surface area contributed by atoms with Gasteiger partial charge in [0, 0.05) is 11.4 Å². The lowest BCUT2D eigenvalue weighted by atomic mass is 10.0. The number of hydrogen-bond acceptors (Lipinski definition) is 3. The lowest BCUT2D eigenvalue weighted by molar-refractivity contribution is -0.123. The zero-order valence-electron chi connectivity index (χ0n) is 14.4. The molecule has 0 aliphatic rings. The van der Waals surface area contributed by atoms with E-state index in [-0.39, 0.29) is 12.3 Å². The second-order valence-corrected chi connectivity index (χ2v) is 5.62. The van der Waals surface area contributed by atoms with Crippen molar-refractivity contribution in [1.29, 1.82) is 5.26 Å². The van der Waals surface area contributed by atoms with Gasteiger partial charge in [0.1, 0.15) is 6.42 Å². The normalized spacial score (nSPS) is 9.96. The van der Waals surface area contributed by atoms with Crippen LogP contribution in [-0.4, -0.2) is 11.8 Å². The molecule has 0 fully saturated rings. The van der Waals surface area contributed by atoms with Crippen LogP contribution in [0, 0.1) is 11.3 Å². The number of benzene rings is 2. The van der Waals surface area contributed by atoms with Gasteiger partial charge in [0.15, 0.2) is 0 Å². The molecule has 0 bridgehead atoms. The summed E-state index contributed by atoms with van der Waals surface area (Å²) >= 11 is 0. The van der Waals surface area contributed by atoms with Gasteiger partial charge >= 0.3 is 0 Å². The number of carbonyl (C=O) groups is 2. The maximum absolute atomic E-state index is 12.2. The summed E-state index contributed by atoms with van der Waals surface area (Å²) in [6.45, 7) is 4.05. The van der Waals surface area contributed by atoms with E-state index in [0.717, 1.165) is 29.7 Å². The molecule has 2 aromatic rings. The summed E-state index contributed by atoms with van der Waals surface area (Å²) in [6, 6.07) is 14.5. The van der Waals surface area contributed by atoms with Gasteiger partial charge in [0.25, 0.3) is 0 Å². The highest BCUT2D eigenvalue weighted by Crippen LogP contribution is 2.22. The molecule has 0 saturated carbocycles. The van der Waals surface area contributed by atoms with E-state index in [9.17, 15) is 9.59 Å². The van der Waals surface area contributed by atoms with E-state index in [1.807, 2.05) is 38.1 Å². The SMILES string of the molecule is CCc1cccc(CC)c1NC(=O)CC(=O)Nc1cccc(C#N)c1. The van der Waals surface area contributed by atoms with Crippen molar-refractivity contribution in [2.24, 2.45) is 0 Å². The van der Waals surface area contributed by atoms with E-state index in [2.05, 4.69) is 10.6 Å². The van der Waals surface area contributed by atoms with E-state index >= 15 is 0 Å². The maximum atomic E-state index is 12.2. The van der Waals surface area contributed by atoms with Crippen LogP contribution in [0.3, 0.4) is 0 Å². The van der Waals surface area contributed by atoms with Gasteiger partial charge in [-0.05, 0) is 42.2 Å². The summed E-state index contributed by atoms with van der Waals surface area (Å²) in [5, 5.41) is 14.4. The minimum Gasteiger partial charge on any atom is -0.326 e.